The fraction of sp³-hybridized carbons (Fsp3) is 0.381. The van der Waals surface area contributed by atoms with Gasteiger partial charge in [0.15, 0.2) is 5.58 Å². The van der Waals surface area contributed by atoms with E-state index < -0.39 is 19.3 Å². The van der Waals surface area contributed by atoms with Crippen LogP contribution >= 0.6 is 0 Å². The molecule has 8 nitrogen and oxygen atoms in total. The molecule has 0 radical (unpaired) electrons. The first-order chi connectivity index (χ1) is 26.0. The standard InChI is InChI=1S/C42H43F4N3O5/c1-24-29(27-15-16-33(37(21-27)54-42(45)46)26(3)48-17-5-6-18-48)10-7-11-30(24)31-12-8-13-32(25(31)2)39-47-34-20-28(36(53-41(43)44)22-38(34)52-39)23-49-19-9-14-35(49)40(50)51-4/h7-8,10-13,15-16,20-22,26,35,41-42H,5-6,9,14,17-19,23H2,1-4H3/t26?,35-/m0/s1. The number of alkyl halides is 4. The molecule has 0 aliphatic carbocycles. The lowest BCUT2D eigenvalue weighted by molar-refractivity contribution is -0.146. The quantitative estimate of drug-likeness (QED) is 0.0923. The van der Waals surface area contributed by atoms with Crippen molar-refractivity contribution in [1.82, 2.24) is 14.8 Å². The van der Waals surface area contributed by atoms with Crippen molar-refractivity contribution < 1.29 is 41.0 Å². The van der Waals surface area contributed by atoms with Crippen LogP contribution in [0.5, 0.6) is 11.5 Å². The first-order valence-corrected chi connectivity index (χ1v) is 18.3. The van der Waals surface area contributed by atoms with E-state index in [0.29, 0.717) is 35.5 Å². The van der Waals surface area contributed by atoms with Crippen molar-refractivity contribution >= 4 is 17.1 Å². The Hall–Kier alpha value is -4.94. The van der Waals surface area contributed by atoms with Crippen molar-refractivity contribution in [2.45, 2.75) is 78.3 Å². The lowest BCUT2D eigenvalue weighted by Crippen LogP contribution is -2.36. The van der Waals surface area contributed by atoms with E-state index in [-0.39, 0.29) is 35.6 Å². The topological polar surface area (TPSA) is 77.3 Å². The summed E-state index contributed by atoms with van der Waals surface area (Å²) < 4.78 is 75.6. The molecule has 2 aliphatic heterocycles. The Kier molecular flexibility index (Phi) is 10.9. The highest BCUT2D eigenvalue weighted by Crippen LogP contribution is 2.41. The van der Waals surface area contributed by atoms with E-state index in [1.54, 1.807) is 12.1 Å². The van der Waals surface area contributed by atoms with Crippen LogP contribution < -0.4 is 9.47 Å². The van der Waals surface area contributed by atoms with Crippen LogP contribution in [0.2, 0.25) is 0 Å². The number of oxazole rings is 1. The Morgan fingerprint density at radius 2 is 1.48 bits per heavy atom. The maximum Gasteiger partial charge on any atom is 0.387 e. The number of aromatic nitrogens is 1. The number of benzene rings is 4. The number of fused-ring (bicyclic) bond motifs is 1. The van der Waals surface area contributed by atoms with Crippen LogP contribution in [0.25, 0.3) is 44.8 Å². The van der Waals surface area contributed by atoms with Crippen molar-refractivity contribution in [2.24, 2.45) is 0 Å². The average Bonchev–Trinajstić information content (AvgIpc) is 3.93. The van der Waals surface area contributed by atoms with E-state index in [9.17, 15) is 22.4 Å². The van der Waals surface area contributed by atoms with Crippen LogP contribution in [-0.4, -0.2) is 66.8 Å². The van der Waals surface area contributed by atoms with Crippen molar-refractivity contribution in [3.05, 3.63) is 89.0 Å². The van der Waals surface area contributed by atoms with Gasteiger partial charge in [0.05, 0.1) is 7.11 Å². The second-order valence-corrected chi connectivity index (χ2v) is 14.0. The number of carbonyl (C=O) groups is 1. The van der Waals surface area contributed by atoms with Gasteiger partial charge in [0.25, 0.3) is 0 Å². The Balaban J connectivity index is 1.23. The largest absolute Gasteiger partial charge is 0.468 e. The van der Waals surface area contributed by atoms with Gasteiger partial charge >= 0.3 is 19.2 Å². The number of nitrogens with zero attached hydrogens (tertiary/aromatic N) is 3. The van der Waals surface area contributed by atoms with E-state index in [1.807, 2.05) is 74.2 Å². The van der Waals surface area contributed by atoms with Crippen molar-refractivity contribution in [3.8, 4) is 45.2 Å². The minimum atomic E-state index is -3.06. The summed E-state index contributed by atoms with van der Waals surface area (Å²) in [6, 6.07) is 19.8. The molecule has 0 N–H and O–H groups in total. The van der Waals surface area contributed by atoms with E-state index in [4.69, 9.17) is 23.6 Å². The summed E-state index contributed by atoms with van der Waals surface area (Å²) >= 11 is 0. The van der Waals surface area contributed by atoms with Crippen LogP contribution in [0.1, 0.15) is 60.9 Å². The van der Waals surface area contributed by atoms with Gasteiger partial charge < -0.3 is 18.6 Å². The molecule has 3 heterocycles. The van der Waals surface area contributed by atoms with Gasteiger partial charge in [0.2, 0.25) is 5.89 Å². The number of hydrogen-bond donors (Lipinski definition) is 0. The van der Waals surface area contributed by atoms with E-state index in [1.165, 1.54) is 13.2 Å². The molecule has 0 saturated carbocycles. The smallest absolute Gasteiger partial charge is 0.387 e. The van der Waals surface area contributed by atoms with Crippen LogP contribution in [0.15, 0.2) is 71.1 Å². The summed E-state index contributed by atoms with van der Waals surface area (Å²) in [5, 5.41) is 0. The number of methoxy groups -OCH3 is 1. The molecule has 4 aromatic carbocycles. The van der Waals surface area contributed by atoms with Gasteiger partial charge in [0.1, 0.15) is 23.1 Å². The number of ether oxygens (including phenoxy) is 3. The predicted octanol–water partition coefficient (Wildman–Crippen LogP) is 9.94. The Morgan fingerprint density at radius 1 is 0.833 bits per heavy atom. The summed E-state index contributed by atoms with van der Waals surface area (Å²) in [5.74, 6) is 0.0724. The van der Waals surface area contributed by atoms with Crippen LogP contribution in [-0.2, 0) is 16.1 Å². The number of likely N-dealkylation sites (tertiary alicyclic amines) is 2. The molecule has 54 heavy (non-hydrogen) atoms. The number of carbonyl (C=O) groups excluding carboxylic acids is 1. The third-order valence-electron chi connectivity index (χ3n) is 10.9. The second kappa shape index (κ2) is 15.8. The summed E-state index contributed by atoms with van der Waals surface area (Å²) in [6.07, 6.45) is 3.56. The lowest BCUT2D eigenvalue weighted by atomic mass is 9.89. The summed E-state index contributed by atoms with van der Waals surface area (Å²) in [6.45, 7) is 2.64. The maximum atomic E-state index is 13.7. The van der Waals surface area contributed by atoms with Gasteiger partial charge in [-0.05, 0) is 118 Å². The van der Waals surface area contributed by atoms with Gasteiger partial charge in [-0.3, -0.25) is 14.6 Å². The zero-order valence-corrected chi connectivity index (χ0v) is 30.7. The molecule has 1 aromatic heterocycles. The van der Waals surface area contributed by atoms with Crippen molar-refractivity contribution in [2.75, 3.05) is 26.7 Å². The average molecular weight is 746 g/mol. The van der Waals surface area contributed by atoms with Gasteiger partial charge in [-0.2, -0.15) is 17.6 Å². The molecule has 7 rings (SSSR count). The van der Waals surface area contributed by atoms with Gasteiger partial charge in [-0.15, -0.1) is 0 Å². The van der Waals surface area contributed by atoms with Gasteiger partial charge in [0, 0.05) is 35.3 Å². The van der Waals surface area contributed by atoms with Crippen molar-refractivity contribution in [1.29, 1.82) is 0 Å². The zero-order valence-electron chi connectivity index (χ0n) is 30.7. The Bertz CT molecular complexity index is 2150. The molecule has 0 spiro atoms. The SMILES string of the molecule is COC(=O)[C@@H]1CCCN1Cc1cc2nc(-c3cccc(-c4cccc(-c5ccc(C(C)N6CCCC6)c(OC(F)F)c5)c4C)c3C)oc2cc1OC(F)F. The molecule has 0 bridgehead atoms. The second-order valence-electron chi connectivity index (χ2n) is 14.0. The fourth-order valence-electron chi connectivity index (χ4n) is 8.05. The fourth-order valence-corrected chi connectivity index (χ4v) is 8.05. The molecule has 284 valence electrons. The van der Waals surface area contributed by atoms with E-state index in [0.717, 1.165) is 71.3 Å². The van der Waals surface area contributed by atoms with Crippen LogP contribution in [0, 0.1) is 13.8 Å². The van der Waals surface area contributed by atoms with E-state index in [2.05, 4.69) is 4.90 Å². The molecule has 12 heteroatoms. The van der Waals surface area contributed by atoms with Crippen molar-refractivity contribution in [3.63, 3.8) is 0 Å². The molecule has 2 saturated heterocycles. The lowest BCUT2D eigenvalue weighted by Gasteiger charge is -2.26. The summed E-state index contributed by atoms with van der Waals surface area (Å²) in [7, 11) is 1.33. The molecule has 2 fully saturated rings. The highest BCUT2D eigenvalue weighted by molar-refractivity contribution is 5.85. The van der Waals surface area contributed by atoms with Crippen LogP contribution in [0.4, 0.5) is 17.6 Å². The summed E-state index contributed by atoms with van der Waals surface area (Å²) in [4.78, 5) is 21.3. The maximum absolute atomic E-state index is 13.7. The molecule has 2 atom stereocenters. The first-order valence-electron chi connectivity index (χ1n) is 18.3. The first kappa shape index (κ1) is 37.4. The Labute approximate surface area is 311 Å². The zero-order chi connectivity index (χ0) is 38.1. The number of hydrogen-bond acceptors (Lipinski definition) is 8. The van der Waals surface area contributed by atoms with Gasteiger partial charge in [-0.1, -0.05) is 42.5 Å². The predicted molar refractivity (Wildman–Crippen MR) is 198 cm³/mol. The molecule has 2 aliphatic rings. The third kappa shape index (κ3) is 7.54. The van der Waals surface area contributed by atoms with E-state index >= 15 is 0 Å². The van der Waals surface area contributed by atoms with Crippen LogP contribution in [0.3, 0.4) is 0 Å². The molecular formula is C42H43F4N3O5. The highest BCUT2D eigenvalue weighted by atomic mass is 19.3. The molecule has 0 amide bonds. The minimum absolute atomic E-state index is 0.0470. The Morgan fingerprint density at radius 3 is 2.17 bits per heavy atom. The third-order valence-corrected chi connectivity index (χ3v) is 10.9. The molecule has 1 unspecified atom stereocenters. The molecular weight excluding hydrogens is 702 g/mol. The number of halogens is 4. The summed E-state index contributed by atoms with van der Waals surface area (Å²) in [5.41, 5.74) is 7.97. The monoisotopic (exact) mass is 745 g/mol. The molecule has 5 aromatic rings. The number of rotatable bonds is 12. The van der Waals surface area contributed by atoms with Gasteiger partial charge in [-0.25, -0.2) is 4.98 Å². The highest BCUT2D eigenvalue weighted by Gasteiger charge is 2.32. The minimum Gasteiger partial charge on any atom is -0.468 e. The normalized spacial score (nSPS) is 17.2. The number of esters is 1.